The topological polar surface area (TPSA) is 93.3 Å². The largest absolute Gasteiger partial charge is 0.348 e. The molecule has 3 saturated heterocycles. The highest BCUT2D eigenvalue weighted by Crippen LogP contribution is 2.32. The number of urea groups is 1. The molecule has 0 bridgehead atoms. The van der Waals surface area contributed by atoms with Crippen molar-refractivity contribution in [1.29, 1.82) is 0 Å². The molecule has 0 radical (unpaired) electrons. The molecule has 0 aliphatic carbocycles. The van der Waals surface area contributed by atoms with Crippen molar-refractivity contribution in [2.24, 2.45) is 0 Å². The fourth-order valence-electron chi connectivity index (χ4n) is 4.88. The van der Waals surface area contributed by atoms with Crippen LogP contribution < -0.4 is 5.32 Å². The molecule has 172 valence electrons. The second-order valence-corrected chi connectivity index (χ2v) is 9.16. The second kappa shape index (κ2) is 8.90. The van der Waals surface area contributed by atoms with Crippen LogP contribution in [0.15, 0.2) is 30.3 Å². The number of hydrogen-bond donors (Lipinski definition) is 1. The average molecular weight is 442 g/mol. The summed E-state index contributed by atoms with van der Waals surface area (Å²) in [4.78, 5) is 57.8. The van der Waals surface area contributed by atoms with Gasteiger partial charge in [0.2, 0.25) is 5.91 Å². The summed E-state index contributed by atoms with van der Waals surface area (Å²) < 4.78 is 0. The van der Waals surface area contributed by atoms with Gasteiger partial charge < -0.3 is 15.1 Å². The fourth-order valence-corrected chi connectivity index (χ4v) is 4.88. The lowest BCUT2D eigenvalue weighted by atomic mass is 9.86. The summed E-state index contributed by atoms with van der Waals surface area (Å²) in [5.74, 6) is -0.238. The maximum Gasteiger partial charge on any atom is 0.325 e. The third kappa shape index (κ3) is 4.21. The quantitative estimate of drug-likeness (QED) is 0.697. The number of piperidine rings is 2. The van der Waals surface area contributed by atoms with Crippen molar-refractivity contribution >= 4 is 23.8 Å². The third-order valence-electron chi connectivity index (χ3n) is 6.82. The van der Waals surface area contributed by atoms with Crippen LogP contribution in [0.5, 0.6) is 0 Å². The molecule has 1 N–H and O–H groups in total. The maximum atomic E-state index is 13.4. The SMILES string of the molecule is CN(C)C(=O)CN1CCC[C@@H](N2C(=O)NC3(CCN(C(=O)c4ccccc4)CC3)C2=O)C1. The average Bonchev–Trinajstić information content (AvgIpc) is 3.03. The van der Waals surface area contributed by atoms with E-state index in [4.69, 9.17) is 0 Å². The van der Waals surface area contributed by atoms with Gasteiger partial charge >= 0.3 is 6.03 Å². The number of likely N-dealkylation sites (N-methyl/N-ethyl adjacent to an activating group) is 1. The van der Waals surface area contributed by atoms with E-state index in [0.717, 1.165) is 19.4 Å². The van der Waals surface area contributed by atoms with E-state index in [-0.39, 0.29) is 36.3 Å². The van der Waals surface area contributed by atoms with Crippen molar-refractivity contribution in [3.63, 3.8) is 0 Å². The van der Waals surface area contributed by atoms with E-state index in [1.54, 1.807) is 36.0 Å². The molecule has 4 rings (SSSR count). The highest BCUT2D eigenvalue weighted by molar-refractivity contribution is 6.07. The number of imide groups is 1. The van der Waals surface area contributed by atoms with Crippen LogP contribution >= 0.6 is 0 Å². The Kier molecular flexibility index (Phi) is 6.19. The molecule has 3 aliphatic heterocycles. The van der Waals surface area contributed by atoms with E-state index < -0.39 is 5.54 Å². The summed E-state index contributed by atoms with van der Waals surface area (Å²) in [7, 11) is 3.44. The van der Waals surface area contributed by atoms with Crippen LogP contribution in [-0.4, -0.2) is 102 Å². The van der Waals surface area contributed by atoms with E-state index in [9.17, 15) is 19.2 Å². The van der Waals surface area contributed by atoms with Gasteiger partial charge in [0.05, 0.1) is 12.6 Å². The van der Waals surface area contributed by atoms with Crippen LogP contribution in [0.3, 0.4) is 0 Å². The van der Waals surface area contributed by atoms with Crippen LogP contribution in [0, 0.1) is 0 Å². The zero-order valence-electron chi connectivity index (χ0n) is 18.7. The molecular weight excluding hydrogens is 410 g/mol. The smallest absolute Gasteiger partial charge is 0.325 e. The minimum absolute atomic E-state index is 0.00905. The van der Waals surface area contributed by atoms with E-state index in [1.807, 2.05) is 23.1 Å². The monoisotopic (exact) mass is 441 g/mol. The summed E-state index contributed by atoms with van der Waals surface area (Å²) in [6.07, 6.45) is 2.37. The number of hydrogen-bond acceptors (Lipinski definition) is 5. The van der Waals surface area contributed by atoms with Crippen molar-refractivity contribution in [2.75, 3.05) is 46.8 Å². The first-order valence-electron chi connectivity index (χ1n) is 11.2. The van der Waals surface area contributed by atoms with Gasteiger partial charge in [-0.25, -0.2) is 4.79 Å². The summed E-state index contributed by atoms with van der Waals surface area (Å²) >= 11 is 0. The molecule has 9 heteroatoms. The number of amides is 5. The zero-order chi connectivity index (χ0) is 22.9. The molecule has 9 nitrogen and oxygen atoms in total. The van der Waals surface area contributed by atoms with E-state index in [2.05, 4.69) is 5.32 Å². The van der Waals surface area contributed by atoms with Gasteiger partial charge in [-0.05, 0) is 44.4 Å². The molecule has 3 fully saturated rings. The van der Waals surface area contributed by atoms with E-state index in [0.29, 0.717) is 38.0 Å². The lowest BCUT2D eigenvalue weighted by Crippen LogP contribution is -2.57. The van der Waals surface area contributed by atoms with Gasteiger partial charge in [0.25, 0.3) is 11.8 Å². The highest BCUT2D eigenvalue weighted by Gasteiger charge is 2.54. The molecular formula is C23H31N5O4. The van der Waals surface area contributed by atoms with Gasteiger partial charge in [-0.3, -0.25) is 24.2 Å². The van der Waals surface area contributed by atoms with Gasteiger partial charge in [-0.1, -0.05) is 18.2 Å². The number of likely N-dealkylation sites (tertiary alicyclic amines) is 2. The molecule has 0 aromatic heterocycles. The minimum Gasteiger partial charge on any atom is -0.348 e. The standard InChI is InChI=1S/C23H31N5O4/c1-25(2)19(29)16-26-12-6-9-18(15-26)28-21(31)23(24-22(28)32)10-13-27(14-11-23)20(30)17-7-4-3-5-8-17/h3-5,7-8,18H,6,9-16H2,1-2H3,(H,24,32)/t18-/m1/s1. The van der Waals surface area contributed by atoms with Crippen molar-refractivity contribution in [1.82, 2.24) is 24.9 Å². The van der Waals surface area contributed by atoms with Gasteiger partial charge in [0.1, 0.15) is 5.54 Å². The fraction of sp³-hybridized carbons (Fsp3) is 0.565. The lowest BCUT2D eigenvalue weighted by Gasteiger charge is -2.39. The molecule has 0 saturated carbocycles. The molecule has 1 spiro atoms. The Bertz CT molecular complexity index is 895. The predicted molar refractivity (Wildman–Crippen MR) is 118 cm³/mol. The molecule has 5 amide bonds. The Morgan fingerprint density at radius 2 is 1.78 bits per heavy atom. The number of nitrogens with zero attached hydrogens (tertiary/aromatic N) is 4. The Labute approximate surface area is 188 Å². The molecule has 0 unspecified atom stereocenters. The summed E-state index contributed by atoms with van der Waals surface area (Å²) in [5, 5.41) is 2.95. The van der Waals surface area contributed by atoms with Crippen LogP contribution in [0.1, 0.15) is 36.0 Å². The second-order valence-electron chi connectivity index (χ2n) is 9.16. The number of rotatable bonds is 4. The summed E-state index contributed by atoms with van der Waals surface area (Å²) in [6.45, 7) is 2.41. The highest BCUT2D eigenvalue weighted by atomic mass is 16.2. The van der Waals surface area contributed by atoms with Gasteiger partial charge in [-0.15, -0.1) is 0 Å². The Morgan fingerprint density at radius 1 is 1.09 bits per heavy atom. The Hall–Kier alpha value is -2.94. The van der Waals surface area contributed by atoms with Crippen LogP contribution in [0.2, 0.25) is 0 Å². The van der Waals surface area contributed by atoms with Gasteiger partial charge in [0, 0.05) is 39.3 Å². The van der Waals surface area contributed by atoms with Crippen molar-refractivity contribution in [3.05, 3.63) is 35.9 Å². The first-order valence-corrected chi connectivity index (χ1v) is 11.2. The molecule has 3 heterocycles. The van der Waals surface area contributed by atoms with E-state index >= 15 is 0 Å². The van der Waals surface area contributed by atoms with Crippen LogP contribution in [0.25, 0.3) is 0 Å². The Balaban J connectivity index is 1.40. The van der Waals surface area contributed by atoms with Crippen molar-refractivity contribution < 1.29 is 19.2 Å². The number of carbonyl (C=O) groups is 4. The van der Waals surface area contributed by atoms with Crippen LogP contribution in [-0.2, 0) is 9.59 Å². The normalized spacial score (nSPS) is 23.4. The molecule has 1 aromatic carbocycles. The number of benzene rings is 1. The summed E-state index contributed by atoms with van der Waals surface area (Å²) in [6, 6.07) is 8.50. The molecule has 1 atom stereocenters. The van der Waals surface area contributed by atoms with Crippen molar-refractivity contribution in [3.8, 4) is 0 Å². The third-order valence-corrected chi connectivity index (χ3v) is 6.82. The number of nitrogens with one attached hydrogen (secondary N) is 1. The Morgan fingerprint density at radius 3 is 2.44 bits per heavy atom. The van der Waals surface area contributed by atoms with Crippen LogP contribution in [0.4, 0.5) is 4.79 Å². The number of carbonyl (C=O) groups excluding carboxylic acids is 4. The van der Waals surface area contributed by atoms with E-state index in [1.165, 1.54) is 4.90 Å². The van der Waals surface area contributed by atoms with Gasteiger partial charge in [-0.2, -0.15) is 0 Å². The first-order chi connectivity index (χ1) is 15.3. The molecule has 32 heavy (non-hydrogen) atoms. The molecule has 3 aliphatic rings. The summed E-state index contributed by atoms with van der Waals surface area (Å²) in [5.41, 5.74) is -0.312. The van der Waals surface area contributed by atoms with Gasteiger partial charge in [0.15, 0.2) is 0 Å². The predicted octanol–water partition coefficient (Wildman–Crippen LogP) is 0.766. The van der Waals surface area contributed by atoms with Crippen molar-refractivity contribution in [2.45, 2.75) is 37.3 Å². The minimum atomic E-state index is -0.938. The molecule has 1 aromatic rings. The zero-order valence-corrected chi connectivity index (χ0v) is 18.7. The maximum absolute atomic E-state index is 13.4. The first kappa shape index (κ1) is 22.3. The lowest BCUT2D eigenvalue weighted by molar-refractivity contribution is -0.135.